The second-order valence-electron chi connectivity index (χ2n) is 5.34. The molecule has 2 aliphatic carbocycles. The number of alkyl halides is 2. The van der Waals surface area contributed by atoms with Crippen LogP contribution < -0.4 is 5.73 Å². The van der Waals surface area contributed by atoms with Crippen molar-refractivity contribution in [3.8, 4) is 0 Å². The minimum Gasteiger partial charge on any atom is -0.395 e. The fourth-order valence-electron chi connectivity index (χ4n) is 3.49. The van der Waals surface area contributed by atoms with Gasteiger partial charge in [-0.25, -0.2) is 8.78 Å². The monoisotopic (exact) mass is 262 g/mol. The van der Waals surface area contributed by atoms with Gasteiger partial charge in [-0.1, -0.05) is 0 Å². The molecule has 0 saturated heterocycles. The highest BCUT2D eigenvalue weighted by Gasteiger charge is 2.50. The Balaban J connectivity index is 2.03. The minimum atomic E-state index is -2.57. The van der Waals surface area contributed by atoms with Gasteiger partial charge in [0.05, 0.1) is 19.1 Å². The third-order valence-electron chi connectivity index (χ3n) is 4.31. The number of carbonyl (C=O) groups excluding carboxylic acids is 1. The Bertz CT molecular complexity index is 312. The molecule has 4 atom stereocenters. The quantitative estimate of drug-likeness (QED) is 0.756. The number of carbonyl (C=O) groups is 1. The van der Waals surface area contributed by atoms with Crippen molar-refractivity contribution in [2.24, 2.45) is 23.5 Å². The molecule has 18 heavy (non-hydrogen) atoms. The molecule has 0 aromatic heterocycles. The first-order chi connectivity index (χ1) is 8.54. The van der Waals surface area contributed by atoms with Crippen LogP contribution in [0.25, 0.3) is 0 Å². The fraction of sp³-hybridized carbons (Fsp3) is 0.917. The van der Waals surface area contributed by atoms with Crippen LogP contribution in [0.5, 0.6) is 0 Å². The topological polar surface area (TPSA) is 66.6 Å². The van der Waals surface area contributed by atoms with Gasteiger partial charge in [0.15, 0.2) is 0 Å². The van der Waals surface area contributed by atoms with Gasteiger partial charge in [-0.15, -0.1) is 0 Å². The van der Waals surface area contributed by atoms with Crippen molar-refractivity contribution in [2.75, 3.05) is 19.7 Å². The molecule has 3 N–H and O–H groups in total. The van der Waals surface area contributed by atoms with Gasteiger partial charge in [0.1, 0.15) is 0 Å². The molecule has 104 valence electrons. The molecule has 0 heterocycles. The van der Waals surface area contributed by atoms with Crippen LogP contribution in [0.3, 0.4) is 0 Å². The molecular weight excluding hydrogens is 242 g/mol. The molecule has 0 spiro atoms. The summed E-state index contributed by atoms with van der Waals surface area (Å²) in [5, 5.41) is 8.87. The van der Waals surface area contributed by atoms with Crippen molar-refractivity contribution in [3.63, 3.8) is 0 Å². The minimum absolute atomic E-state index is 0.0379. The van der Waals surface area contributed by atoms with Crippen molar-refractivity contribution >= 4 is 5.91 Å². The zero-order valence-corrected chi connectivity index (χ0v) is 10.3. The second-order valence-corrected chi connectivity index (χ2v) is 5.34. The van der Waals surface area contributed by atoms with Gasteiger partial charge in [-0.05, 0) is 31.1 Å². The molecule has 4 unspecified atom stereocenters. The van der Waals surface area contributed by atoms with E-state index in [-0.39, 0.29) is 36.9 Å². The van der Waals surface area contributed by atoms with E-state index >= 15 is 0 Å². The number of hydrogen-bond donors (Lipinski definition) is 2. The molecule has 2 saturated carbocycles. The second kappa shape index (κ2) is 5.48. The fourth-order valence-corrected chi connectivity index (χ4v) is 3.49. The van der Waals surface area contributed by atoms with Gasteiger partial charge in [0, 0.05) is 12.6 Å². The molecule has 0 aromatic carbocycles. The summed E-state index contributed by atoms with van der Waals surface area (Å²) < 4.78 is 24.9. The number of nitrogens with zero attached hydrogens (tertiary/aromatic N) is 1. The lowest BCUT2D eigenvalue weighted by Gasteiger charge is -2.32. The van der Waals surface area contributed by atoms with Gasteiger partial charge >= 0.3 is 0 Å². The van der Waals surface area contributed by atoms with E-state index in [1.165, 1.54) is 0 Å². The number of aliphatic hydroxyl groups is 1. The van der Waals surface area contributed by atoms with Crippen molar-refractivity contribution in [2.45, 2.75) is 31.7 Å². The van der Waals surface area contributed by atoms with Crippen LogP contribution in [0.4, 0.5) is 8.78 Å². The molecule has 2 rings (SSSR count). The zero-order chi connectivity index (χ0) is 13.3. The highest BCUT2D eigenvalue weighted by atomic mass is 19.3. The molecule has 0 radical (unpaired) electrons. The number of halogens is 2. The van der Waals surface area contributed by atoms with Crippen LogP contribution >= 0.6 is 0 Å². The molecule has 6 heteroatoms. The number of hydrogen-bond acceptors (Lipinski definition) is 3. The first-order valence-electron chi connectivity index (χ1n) is 6.48. The summed E-state index contributed by atoms with van der Waals surface area (Å²) in [7, 11) is 0. The predicted octanol–water partition coefficient (Wildman–Crippen LogP) is 0.446. The summed E-state index contributed by atoms with van der Waals surface area (Å²) in [6.45, 7) is -0.946. The molecule has 2 aliphatic rings. The van der Waals surface area contributed by atoms with Gasteiger partial charge in [0.2, 0.25) is 5.91 Å². The lowest BCUT2D eigenvalue weighted by molar-refractivity contribution is -0.140. The average molecular weight is 262 g/mol. The molecule has 0 aromatic rings. The smallest absolute Gasteiger partial charge is 0.255 e. The Morgan fingerprint density at radius 1 is 1.39 bits per heavy atom. The predicted molar refractivity (Wildman–Crippen MR) is 62.0 cm³/mol. The first-order valence-corrected chi connectivity index (χ1v) is 6.48. The van der Waals surface area contributed by atoms with E-state index < -0.39 is 13.0 Å². The SMILES string of the molecule is NC1C2CCC(C2)C1C(=O)N(CCO)CC(F)F. The van der Waals surface area contributed by atoms with Crippen LogP contribution in [-0.2, 0) is 4.79 Å². The maximum Gasteiger partial charge on any atom is 0.255 e. The largest absolute Gasteiger partial charge is 0.395 e. The van der Waals surface area contributed by atoms with E-state index in [0.29, 0.717) is 5.92 Å². The Morgan fingerprint density at radius 2 is 2.06 bits per heavy atom. The van der Waals surface area contributed by atoms with E-state index in [1.54, 1.807) is 0 Å². The van der Waals surface area contributed by atoms with Gasteiger partial charge in [0.25, 0.3) is 6.43 Å². The summed E-state index contributed by atoms with van der Waals surface area (Å²) >= 11 is 0. The third-order valence-corrected chi connectivity index (χ3v) is 4.31. The normalized spacial score (nSPS) is 34.3. The lowest BCUT2D eigenvalue weighted by atomic mass is 9.84. The zero-order valence-electron chi connectivity index (χ0n) is 10.3. The van der Waals surface area contributed by atoms with Crippen LogP contribution in [0.15, 0.2) is 0 Å². The standard InChI is InChI=1S/C12H20F2N2O2/c13-9(14)6-16(3-4-17)12(18)10-7-1-2-8(5-7)11(10)15/h7-11,17H,1-6,15H2. The summed E-state index contributed by atoms with van der Waals surface area (Å²) in [5.74, 6) is -0.0130. The molecule has 4 nitrogen and oxygen atoms in total. The molecule has 2 bridgehead atoms. The Morgan fingerprint density at radius 3 is 2.56 bits per heavy atom. The number of rotatable bonds is 5. The molecule has 1 amide bonds. The summed E-state index contributed by atoms with van der Waals surface area (Å²) in [6, 6.07) is -0.199. The number of fused-ring (bicyclic) bond motifs is 2. The van der Waals surface area contributed by atoms with Crippen molar-refractivity contribution in [1.82, 2.24) is 4.90 Å². The van der Waals surface area contributed by atoms with E-state index in [0.717, 1.165) is 24.2 Å². The molecular formula is C12H20F2N2O2. The van der Waals surface area contributed by atoms with Gasteiger partial charge in [-0.2, -0.15) is 0 Å². The highest BCUT2D eigenvalue weighted by molar-refractivity contribution is 5.80. The van der Waals surface area contributed by atoms with E-state index in [1.807, 2.05) is 0 Å². The summed E-state index contributed by atoms with van der Waals surface area (Å²) in [4.78, 5) is 13.3. The molecule has 0 aliphatic heterocycles. The Kier molecular flexibility index (Phi) is 4.17. The maximum atomic E-state index is 12.4. The van der Waals surface area contributed by atoms with E-state index in [4.69, 9.17) is 10.8 Å². The average Bonchev–Trinajstić information content (AvgIpc) is 2.87. The Hall–Kier alpha value is -0.750. The van der Waals surface area contributed by atoms with Gasteiger partial charge in [-0.3, -0.25) is 4.79 Å². The van der Waals surface area contributed by atoms with Crippen LogP contribution in [0.1, 0.15) is 19.3 Å². The van der Waals surface area contributed by atoms with E-state index in [2.05, 4.69) is 0 Å². The maximum absolute atomic E-state index is 12.4. The summed E-state index contributed by atoms with van der Waals surface area (Å²) in [6.07, 6.45) is 0.385. The number of nitrogens with two attached hydrogens (primary N) is 1. The number of amides is 1. The highest BCUT2D eigenvalue weighted by Crippen LogP contribution is 2.48. The van der Waals surface area contributed by atoms with Crippen molar-refractivity contribution in [1.29, 1.82) is 0 Å². The third kappa shape index (κ3) is 2.49. The van der Waals surface area contributed by atoms with E-state index in [9.17, 15) is 13.6 Å². The molecule has 2 fully saturated rings. The van der Waals surface area contributed by atoms with Crippen molar-refractivity contribution in [3.05, 3.63) is 0 Å². The summed E-state index contributed by atoms with van der Waals surface area (Å²) in [5.41, 5.74) is 6.03. The first kappa shape index (κ1) is 13.7. The number of aliphatic hydroxyl groups excluding tert-OH is 1. The lowest BCUT2D eigenvalue weighted by Crippen LogP contribution is -2.49. The van der Waals surface area contributed by atoms with Crippen molar-refractivity contribution < 1.29 is 18.7 Å². The van der Waals surface area contributed by atoms with Crippen LogP contribution in [-0.4, -0.2) is 48.1 Å². The Labute approximate surface area is 105 Å². The van der Waals surface area contributed by atoms with Crippen LogP contribution in [0, 0.1) is 17.8 Å². The van der Waals surface area contributed by atoms with Gasteiger partial charge < -0.3 is 15.7 Å². The van der Waals surface area contributed by atoms with Crippen LogP contribution in [0.2, 0.25) is 0 Å².